The van der Waals surface area contributed by atoms with Gasteiger partial charge in [-0.05, 0) is 11.6 Å². The maximum atomic E-state index is 10.7. The van der Waals surface area contributed by atoms with Crippen molar-refractivity contribution in [1.82, 2.24) is 4.98 Å². The molecular weight excluding hydrogens is 230 g/mol. The van der Waals surface area contributed by atoms with Crippen molar-refractivity contribution in [3.05, 3.63) is 28.9 Å². The number of H-pyrrole nitrogens is 1. The number of hydrogen-bond donors (Lipinski definition) is 2. The topological polar surface area (TPSA) is 62.3 Å². The number of nitrogens with one attached hydrogen (secondary N) is 1. The maximum absolute atomic E-state index is 10.7. The highest BCUT2D eigenvalue weighted by Gasteiger charge is 2.11. The smallest absolute Gasteiger partial charge is 0.307 e. The van der Waals surface area contributed by atoms with Crippen molar-refractivity contribution < 1.29 is 14.6 Å². The summed E-state index contributed by atoms with van der Waals surface area (Å²) in [6, 6.07) is 3.42. The zero-order chi connectivity index (χ0) is 11.7. The van der Waals surface area contributed by atoms with Crippen LogP contribution in [0.1, 0.15) is 5.56 Å². The highest BCUT2D eigenvalue weighted by Crippen LogP contribution is 2.31. The second-order valence-electron chi connectivity index (χ2n) is 3.42. The fourth-order valence-electron chi connectivity index (χ4n) is 1.69. The van der Waals surface area contributed by atoms with Crippen molar-refractivity contribution in [2.45, 2.75) is 6.42 Å². The molecule has 0 saturated heterocycles. The predicted molar refractivity (Wildman–Crippen MR) is 61.2 cm³/mol. The molecule has 5 heteroatoms. The average molecular weight is 240 g/mol. The third-order valence-corrected chi connectivity index (χ3v) is 2.58. The van der Waals surface area contributed by atoms with Crippen molar-refractivity contribution in [1.29, 1.82) is 0 Å². The van der Waals surface area contributed by atoms with Crippen molar-refractivity contribution >= 4 is 28.5 Å². The monoisotopic (exact) mass is 239 g/mol. The third-order valence-electron chi connectivity index (χ3n) is 2.37. The van der Waals surface area contributed by atoms with E-state index in [4.69, 9.17) is 21.4 Å². The lowest BCUT2D eigenvalue weighted by atomic mass is 10.1. The van der Waals surface area contributed by atoms with Crippen molar-refractivity contribution in [2.75, 3.05) is 7.11 Å². The Labute approximate surface area is 96.8 Å². The quantitative estimate of drug-likeness (QED) is 0.865. The minimum atomic E-state index is -0.875. The summed E-state index contributed by atoms with van der Waals surface area (Å²) in [6.45, 7) is 0. The van der Waals surface area contributed by atoms with E-state index in [2.05, 4.69) is 4.98 Å². The molecule has 2 rings (SSSR count). The number of aromatic amines is 1. The van der Waals surface area contributed by atoms with E-state index in [9.17, 15) is 4.79 Å². The van der Waals surface area contributed by atoms with Gasteiger partial charge in [-0.15, -0.1) is 0 Å². The number of methoxy groups -OCH3 is 1. The minimum Gasteiger partial charge on any atom is -0.495 e. The van der Waals surface area contributed by atoms with Gasteiger partial charge in [-0.25, -0.2) is 0 Å². The second kappa shape index (κ2) is 4.06. The largest absolute Gasteiger partial charge is 0.495 e. The van der Waals surface area contributed by atoms with Crippen LogP contribution in [0.2, 0.25) is 5.02 Å². The van der Waals surface area contributed by atoms with Crippen LogP contribution >= 0.6 is 11.6 Å². The zero-order valence-corrected chi connectivity index (χ0v) is 9.34. The molecule has 0 bridgehead atoms. The molecule has 0 atom stereocenters. The summed E-state index contributed by atoms with van der Waals surface area (Å²) in [4.78, 5) is 13.7. The van der Waals surface area contributed by atoms with Crippen LogP contribution in [0.15, 0.2) is 18.3 Å². The third kappa shape index (κ3) is 1.84. The lowest BCUT2D eigenvalue weighted by Crippen LogP contribution is -1.98. The van der Waals surface area contributed by atoms with Gasteiger partial charge >= 0.3 is 5.97 Å². The zero-order valence-electron chi connectivity index (χ0n) is 8.58. The minimum absolute atomic E-state index is 0.0382. The predicted octanol–water partition coefficient (Wildman–Crippen LogP) is 2.46. The summed E-state index contributed by atoms with van der Waals surface area (Å²) >= 11 is 5.93. The first-order valence-electron chi connectivity index (χ1n) is 4.67. The second-order valence-corrected chi connectivity index (χ2v) is 3.85. The van der Waals surface area contributed by atoms with Crippen LogP contribution in [0.5, 0.6) is 5.75 Å². The van der Waals surface area contributed by atoms with E-state index < -0.39 is 5.97 Å². The molecular formula is C11H10ClNO3. The Bertz CT molecular complexity index is 547. The molecule has 2 N–H and O–H groups in total. The van der Waals surface area contributed by atoms with Gasteiger partial charge in [0.1, 0.15) is 5.75 Å². The number of carboxylic acids is 1. The first kappa shape index (κ1) is 10.8. The van der Waals surface area contributed by atoms with Gasteiger partial charge in [-0.1, -0.05) is 11.6 Å². The molecule has 84 valence electrons. The summed E-state index contributed by atoms with van der Waals surface area (Å²) in [6.07, 6.45) is 1.63. The summed E-state index contributed by atoms with van der Waals surface area (Å²) in [5.74, 6) is -0.265. The highest BCUT2D eigenvalue weighted by molar-refractivity contribution is 6.31. The van der Waals surface area contributed by atoms with E-state index in [0.29, 0.717) is 16.3 Å². The Balaban J connectivity index is 2.62. The molecule has 2 aromatic rings. The highest BCUT2D eigenvalue weighted by atomic mass is 35.5. The number of carboxylic acid groups (broad SMARTS) is 1. The molecule has 0 amide bonds. The van der Waals surface area contributed by atoms with Crippen LogP contribution in [0, 0.1) is 0 Å². The number of carbonyl (C=O) groups is 1. The molecule has 0 unspecified atom stereocenters. The summed E-state index contributed by atoms with van der Waals surface area (Å²) in [5.41, 5.74) is 1.46. The standard InChI is InChI=1S/C11H10ClNO3/c1-16-9-4-7(12)3-8-6(2-10(14)15)5-13-11(8)9/h3-5,13H,2H2,1H3,(H,14,15). The molecule has 0 aliphatic carbocycles. The molecule has 0 fully saturated rings. The summed E-state index contributed by atoms with van der Waals surface area (Å²) in [5, 5.41) is 10.1. The molecule has 0 spiro atoms. The molecule has 1 heterocycles. The Morgan fingerprint density at radius 2 is 2.31 bits per heavy atom. The van der Waals surface area contributed by atoms with Gasteiger partial charge in [0.05, 0.1) is 19.0 Å². The lowest BCUT2D eigenvalue weighted by molar-refractivity contribution is -0.136. The Morgan fingerprint density at radius 1 is 1.56 bits per heavy atom. The van der Waals surface area contributed by atoms with E-state index >= 15 is 0 Å². The van der Waals surface area contributed by atoms with Gasteiger partial charge in [0.15, 0.2) is 0 Å². The van der Waals surface area contributed by atoms with Gasteiger partial charge in [-0.2, -0.15) is 0 Å². The van der Waals surface area contributed by atoms with Gasteiger partial charge in [-0.3, -0.25) is 4.79 Å². The number of ether oxygens (including phenoxy) is 1. The number of fused-ring (bicyclic) bond motifs is 1. The summed E-state index contributed by atoms with van der Waals surface area (Å²) in [7, 11) is 1.54. The average Bonchev–Trinajstić information content (AvgIpc) is 2.59. The first-order chi connectivity index (χ1) is 7.61. The lowest BCUT2D eigenvalue weighted by Gasteiger charge is -2.03. The molecule has 0 radical (unpaired) electrons. The van der Waals surface area contributed by atoms with Crippen LogP contribution in [0.25, 0.3) is 10.9 Å². The van der Waals surface area contributed by atoms with Crippen LogP contribution in [0.3, 0.4) is 0 Å². The van der Waals surface area contributed by atoms with E-state index in [1.54, 1.807) is 25.4 Å². The van der Waals surface area contributed by atoms with Gasteiger partial charge < -0.3 is 14.8 Å². The number of aromatic nitrogens is 1. The number of halogens is 1. The molecule has 16 heavy (non-hydrogen) atoms. The SMILES string of the molecule is COc1cc(Cl)cc2c(CC(=O)O)c[nH]c12. The van der Waals surface area contributed by atoms with Crippen LogP contribution < -0.4 is 4.74 Å². The number of rotatable bonds is 3. The molecule has 1 aromatic carbocycles. The molecule has 1 aromatic heterocycles. The molecule has 0 saturated carbocycles. The number of benzene rings is 1. The fraction of sp³-hybridized carbons (Fsp3) is 0.182. The van der Waals surface area contributed by atoms with Crippen LogP contribution in [0.4, 0.5) is 0 Å². The first-order valence-corrected chi connectivity index (χ1v) is 5.05. The van der Waals surface area contributed by atoms with E-state index in [1.165, 1.54) is 0 Å². The van der Waals surface area contributed by atoms with Crippen molar-refractivity contribution in [2.24, 2.45) is 0 Å². The Morgan fingerprint density at radius 3 is 2.94 bits per heavy atom. The van der Waals surface area contributed by atoms with Crippen molar-refractivity contribution in [3.8, 4) is 5.75 Å². The summed E-state index contributed by atoms with van der Waals surface area (Å²) < 4.78 is 5.16. The van der Waals surface area contributed by atoms with Gasteiger partial charge in [0.25, 0.3) is 0 Å². The molecule has 0 aliphatic rings. The van der Waals surface area contributed by atoms with Crippen LogP contribution in [-0.2, 0) is 11.2 Å². The fourth-order valence-corrected chi connectivity index (χ4v) is 1.90. The maximum Gasteiger partial charge on any atom is 0.307 e. The Kier molecular flexibility index (Phi) is 2.75. The number of hydrogen-bond acceptors (Lipinski definition) is 2. The Hall–Kier alpha value is -1.68. The van der Waals surface area contributed by atoms with Gasteiger partial charge in [0, 0.05) is 22.7 Å². The van der Waals surface area contributed by atoms with E-state index in [1.807, 2.05) is 0 Å². The number of aliphatic carboxylic acids is 1. The van der Waals surface area contributed by atoms with Crippen molar-refractivity contribution in [3.63, 3.8) is 0 Å². The molecule has 0 aliphatic heterocycles. The normalized spacial score (nSPS) is 10.6. The van der Waals surface area contributed by atoms with E-state index in [0.717, 1.165) is 10.9 Å². The van der Waals surface area contributed by atoms with Crippen LogP contribution in [-0.4, -0.2) is 23.2 Å². The molecule has 4 nitrogen and oxygen atoms in total. The van der Waals surface area contributed by atoms with E-state index in [-0.39, 0.29) is 6.42 Å². The van der Waals surface area contributed by atoms with Gasteiger partial charge in [0.2, 0.25) is 0 Å².